The minimum Gasteiger partial charge on any atom is -0.390 e. The van der Waals surface area contributed by atoms with E-state index >= 15 is 0 Å². The normalized spacial score (nSPS) is 28.0. The predicted octanol–water partition coefficient (Wildman–Crippen LogP) is 2.29. The molecule has 2 rings (SSSR count). The maximum Gasteiger partial charge on any atom is 0.0632 e. The molecule has 0 bridgehead atoms. The lowest BCUT2D eigenvalue weighted by Crippen LogP contribution is -2.35. The van der Waals surface area contributed by atoms with Crippen molar-refractivity contribution < 1.29 is 5.11 Å². The molecule has 0 radical (unpaired) electrons. The zero-order valence-electron chi connectivity index (χ0n) is 11.4. The van der Waals surface area contributed by atoms with Gasteiger partial charge in [0.2, 0.25) is 0 Å². The first-order chi connectivity index (χ1) is 8.52. The van der Waals surface area contributed by atoms with E-state index in [0.29, 0.717) is 12.6 Å². The van der Waals surface area contributed by atoms with Gasteiger partial charge in [0.25, 0.3) is 0 Å². The number of aryl methyl sites for hydroxylation is 1. The number of nitrogens with two attached hydrogens (primary N) is 1. The Hall–Kier alpha value is -0.420. The van der Waals surface area contributed by atoms with Crippen LogP contribution in [0.2, 0.25) is 0 Å². The van der Waals surface area contributed by atoms with E-state index < -0.39 is 5.60 Å². The first-order valence-corrected chi connectivity index (χ1v) is 7.56. The number of nitrogens with zero attached hydrogens (tertiary/aromatic N) is 1. The minimum absolute atomic E-state index is 0.317. The van der Waals surface area contributed by atoms with Gasteiger partial charge in [-0.2, -0.15) is 0 Å². The van der Waals surface area contributed by atoms with Crippen molar-refractivity contribution in [3.8, 4) is 0 Å². The van der Waals surface area contributed by atoms with Gasteiger partial charge in [-0.25, -0.2) is 0 Å². The topological polar surface area (TPSA) is 49.5 Å². The summed E-state index contributed by atoms with van der Waals surface area (Å²) in [5, 5.41) is 10.1. The fourth-order valence-electron chi connectivity index (χ4n) is 2.67. The van der Waals surface area contributed by atoms with Gasteiger partial charge in [0, 0.05) is 22.8 Å². The summed E-state index contributed by atoms with van der Waals surface area (Å²) >= 11 is 1.84. The highest BCUT2D eigenvalue weighted by atomic mass is 32.1. The summed E-state index contributed by atoms with van der Waals surface area (Å²) in [5.74, 6) is 0. The Bertz CT molecular complexity index is 389. The number of thiophene rings is 1. The third-order valence-corrected chi connectivity index (χ3v) is 4.95. The molecule has 2 unspecified atom stereocenters. The lowest BCUT2D eigenvalue weighted by Gasteiger charge is -2.29. The Morgan fingerprint density at radius 3 is 2.83 bits per heavy atom. The largest absolute Gasteiger partial charge is 0.390 e. The molecule has 102 valence electrons. The molecule has 0 aliphatic carbocycles. The summed E-state index contributed by atoms with van der Waals surface area (Å²) in [6.45, 7) is 6.71. The molecular weight excluding hydrogens is 244 g/mol. The molecule has 1 fully saturated rings. The smallest absolute Gasteiger partial charge is 0.0632 e. The Morgan fingerprint density at radius 2 is 2.22 bits per heavy atom. The third kappa shape index (κ3) is 3.32. The SMILES string of the molecule is Cc1ccc(C(CN)N2CCCC(C)(O)CC2)s1. The zero-order chi connectivity index (χ0) is 13.2. The van der Waals surface area contributed by atoms with Crippen molar-refractivity contribution in [2.45, 2.75) is 44.8 Å². The maximum absolute atomic E-state index is 10.1. The molecule has 0 spiro atoms. The summed E-state index contributed by atoms with van der Waals surface area (Å²) in [5.41, 5.74) is 5.47. The lowest BCUT2D eigenvalue weighted by molar-refractivity contribution is 0.0432. The molecule has 2 atom stereocenters. The average molecular weight is 268 g/mol. The van der Waals surface area contributed by atoms with E-state index in [2.05, 4.69) is 24.0 Å². The molecule has 2 heterocycles. The van der Waals surface area contributed by atoms with Crippen molar-refractivity contribution in [2.24, 2.45) is 5.73 Å². The van der Waals surface area contributed by atoms with Gasteiger partial charge in [-0.15, -0.1) is 11.3 Å². The van der Waals surface area contributed by atoms with Gasteiger partial charge in [-0.05, 0) is 51.8 Å². The highest BCUT2D eigenvalue weighted by molar-refractivity contribution is 7.12. The first-order valence-electron chi connectivity index (χ1n) is 6.75. The predicted molar refractivity (Wildman–Crippen MR) is 76.9 cm³/mol. The van der Waals surface area contributed by atoms with Gasteiger partial charge in [-0.1, -0.05) is 0 Å². The van der Waals surface area contributed by atoms with Crippen LogP contribution in [0.4, 0.5) is 0 Å². The highest BCUT2D eigenvalue weighted by Crippen LogP contribution is 2.30. The van der Waals surface area contributed by atoms with Gasteiger partial charge in [-0.3, -0.25) is 4.90 Å². The Morgan fingerprint density at radius 1 is 1.44 bits per heavy atom. The third-order valence-electron chi connectivity index (χ3n) is 3.85. The highest BCUT2D eigenvalue weighted by Gasteiger charge is 2.28. The second-order valence-electron chi connectivity index (χ2n) is 5.59. The molecule has 18 heavy (non-hydrogen) atoms. The quantitative estimate of drug-likeness (QED) is 0.884. The summed E-state index contributed by atoms with van der Waals surface area (Å²) < 4.78 is 0. The molecule has 0 saturated carbocycles. The molecule has 3 N–H and O–H groups in total. The Labute approximate surface area is 114 Å². The van der Waals surface area contributed by atoms with Crippen LogP contribution in [0.25, 0.3) is 0 Å². The van der Waals surface area contributed by atoms with E-state index in [4.69, 9.17) is 5.73 Å². The van der Waals surface area contributed by atoms with Crippen LogP contribution in [0.15, 0.2) is 12.1 Å². The van der Waals surface area contributed by atoms with Crippen molar-refractivity contribution in [2.75, 3.05) is 19.6 Å². The Kier molecular flexibility index (Phi) is 4.43. The molecule has 1 aliphatic rings. The molecule has 1 aliphatic heterocycles. The van der Waals surface area contributed by atoms with Crippen LogP contribution in [0.3, 0.4) is 0 Å². The fourth-order valence-corrected chi connectivity index (χ4v) is 3.70. The summed E-state index contributed by atoms with van der Waals surface area (Å²) in [4.78, 5) is 5.13. The van der Waals surface area contributed by atoms with E-state index in [1.807, 2.05) is 18.3 Å². The van der Waals surface area contributed by atoms with Gasteiger partial charge in [0.15, 0.2) is 0 Å². The fraction of sp³-hybridized carbons (Fsp3) is 0.714. The first kappa shape index (κ1) is 14.0. The molecule has 1 aromatic rings. The molecule has 0 amide bonds. The molecule has 1 saturated heterocycles. The molecule has 4 heteroatoms. The van der Waals surface area contributed by atoms with Crippen LogP contribution in [0, 0.1) is 6.92 Å². The number of aliphatic hydroxyl groups is 1. The molecule has 3 nitrogen and oxygen atoms in total. The number of likely N-dealkylation sites (tertiary alicyclic amines) is 1. The second kappa shape index (κ2) is 5.70. The average Bonchev–Trinajstić information content (AvgIpc) is 2.64. The molecular formula is C14H24N2OS. The number of hydrogen-bond acceptors (Lipinski definition) is 4. The van der Waals surface area contributed by atoms with E-state index in [0.717, 1.165) is 32.4 Å². The summed E-state index contributed by atoms with van der Waals surface area (Å²) in [7, 11) is 0. The minimum atomic E-state index is -0.501. The van der Waals surface area contributed by atoms with Crippen LogP contribution in [-0.4, -0.2) is 35.2 Å². The van der Waals surface area contributed by atoms with Crippen LogP contribution in [-0.2, 0) is 0 Å². The van der Waals surface area contributed by atoms with Gasteiger partial charge in [0.1, 0.15) is 0 Å². The van der Waals surface area contributed by atoms with Crippen LogP contribution in [0.1, 0.15) is 42.0 Å². The van der Waals surface area contributed by atoms with E-state index in [9.17, 15) is 5.11 Å². The zero-order valence-corrected chi connectivity index (χ0v) is 12.2. The van der Waals surface area contributed by atoms with E-state index in [-0.39, 0.29) is 0 Å². The van der Waals surface area contributed by atoms with Crippen molar-refractivity contribution in [1.29, 1.82) is 0 Å². The van der Waals surface area contributed by atoms with Crippen LogP contribution in [0.5, 0.6) is 0 Å². The molecule has 1 aromatic heterocycles. The van der Waals surface area contributed by atoms with Crippen molar-refractivity contribution in [3.63, 3.8) is 0 Å². The van der Waals surface area contributed by atoms with E-state index in [1.54, 1.807) is 0 Å². The summed E-state index contributed by atoms with van der Waals surface area (Å²) in [6, 6.07) is 4.68. The van der Waals surface area contributed by atoms with Gasteiger partial charge in [0.05, 0.1) is 11.6 Å². The van der Waals surface area contributed by atoms with Gasteiger partial charge >= 0.3 is 0 Å². The van der Waals surface area contributed by atoms with Crippen molar-refractivity contribution >= 4 is 11.3 Å². The lowest BCUT2D eigenvalue weighted by atomic mass is 9.98. The molecule has 0 aromatic carbocycles. The van der Waals surface area contributed by atoms with Gasteiger partial charge < -0.3 is 10.8 Å². The monoisotopic (exact) mass is 268 g/mol. The van der Waals surface area contributed by atoms with Crippen molar-refractivity contribution in [3.05, 3.63) is 21.9 Å². The maximum atomic E-state index is 10.1. The van der Waals surface area contributed by atoms with Crippen molar-refractivity contribution in [1.82, 2.24) is 4.90 Å². The van der Waals surface area contributed by atoms with Crippen LogP contribution < -0.4 is 5.73 Å². The summed E-state index contributed by atoms with van der Waals surface area (Å²) in [6.07, 6.45) is 2.78. The number of rotatable bonds is 3. The van der Waals surface area contributed by atoms with Crippen LogP contribution >= 0.6 is 11.3 Å². The standard InChI is InChI=1S/C14H24N2OS/c1-11-4-5-13(18-11)12(10-15)16-8-3-6-14(2,17)7-9-16/h4-5,12,17H,3,6-10,15H2,1-2H3. The number of hydrogen-bond donors (Lipinski definition) is 2. The second-order valence-corrected chi connectivity index (χ2v) is 6.91. The van der Waals surface area contributed by atoms with E-state index in [1.165, 1.54) is 9.75 Å². The Balaban J connectivity index is 2.08.